The Hall–Kier alpha value is -1.86. The summed E-state index contributed by atoms with van der Waals surface area (Å²) < 4.78 is 16.3. The lowest BCUT2D eigenvalue weighted by molar-refractivity contribution is -0.147. The second-order valence-electron chi connectivity index (χ2n) is 7.88. The van der Waals surface area contributed by atoms with Gasteiger partial charge < -0.3 is 24.4 Å². The second-order valence-corrected chi connectivity index (χ2v) is 8.31. The third-order valence-electron chi connectivity index (χ3n) is 4.83. The molecule has 0 radical (unpaired) electrons. The molecule has 1 fully saturated rings. The molecule has 0 unspecified atom stereocenters. The zero-order chi connectivity index (χ0) is 22.6. The van der Waals surface area contributed by atoms with Crippen molar-refractivity contribution in [1.29, 1.82) is 0 Å². The van der Waals surface area contributed by atoms with Crippen LogP contribution in [0.3, 0.4) is 0 Å². The van der Waals surface area contributed by atoms with Gasteiger partial charge in [-0.15, -0.1) is 0 Å². The molecule has 2 rings (SSSR count). The molecule has 31 heavy (non-hydrogen) atoms. The predicted molar refractivity (Wildman–Crippen MR) is 120 cm³/mol. The van der Waals surface area contributed by atoms with Gasteiger partial charge in [0.2, 0.25) is 0 Å². The third-order valence-corrected chi connectivity index (χ3v) is 5.07. The van der Waals surface area contributed by atoms with Crippen molar-refractivity contribution in [3.63, 3.8) is 0 Å². The maximum atomic E-state index is 11.5. The number of carbonyl (C=O) groups is 1. The molecule has 1 saturated heterocycles. The van der Waals surface area contributed by atoms with Gasteiger partial charge in [0, 0.05) is 17.4 Å². The van der Waals surface area contributed by atoms with E-state index in [0.717, 1.165) is 12.8 Å². The first-order valence-electron chi connectivity index (χ1n) is 10.7. The van der Waals surface area contributed by atoms with E-state index in [-0.39, 0.29) is 37.3 Å². The van der Waals surface area contributed by atoms with Gasteiger partial charge in [0.05, 0.1) is 24.9 Å². The SMILES string of the molecule is CC(C)OC(=O)CC/C=C\CC[C@H]1[C@@H](O)CO[C@@H]1/C=C/[C@H](O)COc1cccc(Cl)c1. The van der Waals surface area contributed by atoms with Crippen LogP contribution >= 0.6 is 11.6 Å². The number of rotatable bonds is 12. The van der Waals surface area contributed by atoms with Crippen molar-refractivity contribution in [2.45, 2.75) is 63.9 Å². The highest BCUT2D eigenvalue weighted by Crippen LogP contribution is 2.27. The number of aliphatic hydroxyl groups excluding tert-OH is 2. The number of carbonyl (C=O) groups excluding carboxylic acids is 1. The minimum absolute atomic E-state index is 0.0483. The summed E-state index contributed by atoms with van der Waals surface area (Å²) in [6, 6.07) is 6.99. The lowest BCUT2D eigenvalue weighted by Crippen LogP contribution is -2.23. The summed E-state index contributed by atoms with van der Waals surface area (Å²) in [5.41, 5.74) is 0. The summed E-state index contributed by atoms with van der Waals surface area (Å²) in [5, 5.41) is 20.9. The van der Waals surface area contributed by atoms with Crippen LogP contribution in [0.15, 0.2) is 48.6 Å². The first-order chi connectivity index (χ1) is 14.8. The molecule has 1 aromatic carbocycles. The number of esters is 1. The summed E-state index contributed by atoms with van der Waals surface area (Å²) >= 11 is 5.92. The maximum Gasteiger partial charge on any atom is 0.306 e. The fourth-order valence-electron chi connectivity index (χ4n) is 3.31. The minimum Gasteiger partial charge on any atom is -0.491 e. The van der Waals surface area contributed by atoms with Gasteiger partial charge in [-0.25, -0.2) is 0 Å². The fourth-order valence-corrected chi connectivity index (χ4v) is 3.49. The van der Waals surface area contributed by atoms with Gasteiger partial charge in [-0.3, -0.25) is 4.79 Å². The van der Waals surface area contributed by atoms with E-state index in [4.69, 9.17) is 25.8 Å². The molecule has 6 nitrogen and oxygen atoms in total. The predicted octanol–water partition coefficient (Wildman–Crippen LogP) is 4.08. The van der Waals surface area contributed by atoms with Gasteiger partial charge in [-0.05, 0) is 51.3 Å². The van der Waals surface area contributed by atoms with Crippen molar-refractivity contribution in [2.75, 3.05) is 13.2 Å². The maximum absolute atomic E-state index is 11.5. The molecular formula is C24H33ClO6. The summed E-state index contributed by atoms with van der Waals surface area (Å²) in [7, 11) is 0. The number of aliphatic hydroxyl groups is 2. The first-order valence-corrected chi connectivity index (χ1v) is 11.1. The molecule has 1 aliphatic rings. The van der Waals surface area contributed by atoms with Gasteiger partial charge in [0.1, 0.15) is 18.5 Å². The monoisotopic (exact) mass is 452 g/mol. The molecule has 172 valence electrons. The number of halogens is 1. The zero-order valence-corrected chi connectivity index (χ0v) is 18.9. The van der Waals surface area contributed by atoms with Crippen LogP contribution in [0, 0.1) is 5.92 Å². The highest BCUT2D eigenvalue weighted by atomic mass is 35.5. The zero-order valence-electron chi connectivity index (χ0n) is 18.2. The standard InChI is InChI=1S/C24H33ClO6/c1-17(2)31-24(28)11-6-4-3-5-10-21-22(27)16-30-23(21)13-12-19(26)15-29-20-9-7-8-18(25)14-20/h3-4,7-9,12-14,17,19,21-23,26-27H,5-6,10-11,15-16H2,1-2H3/b4-3-,13-12+/t19-,21-,22-,23+/m0/s1. The molecule has 0 bridgehead atoms. The van der Waals surface area contributed by atoms with Crippen molar-refractivity contribution in [3.05, 3.63) is 53.6 Å². The molecule has 0 spiro atoms. The molecular weight excluding hydrogens is 420 g/mol. The largest absolute Gasteiger partial charge is 0.491 e. The Morgan fingerprint density at radius 1 is 1.32 bits per heavy atom. The van der Waals surface area contributed by atoms with Crippen molar-refractivity contribution >= 4 is 17.6 Å². The topological polar surface area (TPSA) is 85.2 Å². The molecule has 4 atom stereocenters. The van der Waals surface area contributed by atoms with Crippen LogP contribution in [0.2, 0.25) is 5.02 Å². The van der Waals surface area contributed by atoms with Gasteiger partial charge >= 0.3 is 5.97 Å². The van der Waals surface area contributed by atoms with E-state index in [9.17, 15) is 15.0 Å². The lowest BCUT2D eigenvalue weighted by Gasteiger charge is -2.17. The Kier molecular flexibility index (Phi) is 11.1. The molecule has 7 heteroatoms. The number of benzene rings is 1. The summed E-state index contributed by atoms with van der Waals surface area (Å²) in [6.45, 7) is 4.04. The van der Waals surface area contributed by atoms with E-state index in [1.807, 2.05) is 26.0 Å². The van der Waals surface area contributed by atoms with Gasteiger partial charge in [-0.2, -0.15) is 0 Å². The van der Waals surface area contributed by atoms with Crippen LogP contribution in [0.4, 0.5) is 0 Å². The van der Waals surface area contributed by atoms with E-state index in [0.29, 0.717) is 23.6 Å². The second kappa shape index (κ2) is 13.5. The number of ether oxygens (including phenoxy) is 3. The van der Waals surface area contributed by atoms with E-state index < -0.39 is 12.2 Å². The Morgan fingerprint density at radius 3 is 2.84 bits per heavy atom. The van der Waals surface area contributed by atoms with Crippen LogP contribution in [0.1, 0.15) is 39.5 Å². The van der Waals surface area contributed by atoms with Gasteiger partial charge in [0.15, 0.2) is 0 Å². The van der Waals surface area contributed by atoms with Crippen LogP contribution < -0.4 is 4.74 Å². The summed E-state index contributed by atoms with van der Waals surface area (Å²) in [6.07, 6.45) is 8.24. The van der Waals surface area contributed by atoms with Gasteiger partial charge in [-0.1, -0.05) is 42.0 Å². The molecule has 0 amide bonds. The highest BCUT2D eigenvalue weighted by Gasteiger charge is 2.33. The molecule has 2 N–H and O–H groups in total. The Bertz CT molecular complexity index is 733. The Balaban J connectivity index is 1.71. The smallest absolute Gasteiger partial charge is 0.306 e. The molecule has 1 aliphatic heterocycles. The van der Waals surface area contributed by atoms with Crippen molar-refractivity contribution < 1.29 is 29.2 Å². The molecule has 1 aromatic rings. The minimum atomic E-state index is -0.800. The molecule has 0 aliphatic carbocycles. The Labute approximate surface area is 189 Å². The first kappa shape index (κ1) is 25.4. The van der Waals surface area contributed by atoms with E-state index in [1.165, 1.54) is 0 Å². The van der Waals surface area contributed by atoms with Crippen LogP contribution in [0.25, 0.3) is 0 Å². The van der Waals surface area contributed by atoms with E-state index in [1.54, 1.807) is 36.4 Å². The number of hydrogen-bond donors (Lipinski definition) is 2. The van der Waals surface area contributed by atoms with Crippen molar-refractivity contribution in [3.8, 4) is 5.75 Å². The average molecular weight is 453 g/mol. The van der Waals surface area contributed by atoms with Crippen molar-refractivity contribution in [1.82, 2.24) is 0 Å². The summed E-state index contributed by atoms with van der Waals surface area (Å²) in [4.78, 5) is 11.5. The number of hydrogen-bond acceptors (Lipinski definition) is 6. The Morgan fingerprint density at radius 2 is 2.10 bits per heavy atom. The van der Waals surface area contributed by atoms with Crippen molar-refractivity contribution in [2.24, 2.45) is 5.92 Å². The fraction of sp³-hybridized carbons (Fsp3) is 0.542. The number of allylic oxidation sites excluding steroid dienone is 2. The van der Waals surface area contributed by atoms with Crippen LogP contribution in [-0.2, 0) is 14.3 Å². The highest BCUT2D eigenvalue weighted by molar-refractivity contribution is 6.30. The van der Waals surface area contributed by atoms with E-state index in [2.05, 4.69) is 0 Å². The molecule has 0 aromatic heterocycles. The van der Waals surface area contributed by atoms with Gasteiger partial charge in [0.25, 0.3) is 0 Å². The average Bonchev–Trinajstić information content (AvgIpc) is 3.06. The van der Waals surface area contributed by atoms with E-state index >= 15 is 0 Å². The molecule has 1 heterocycles. The third kappa shape index (κ3) is 9.87. The summed E-state index contributed by atoms with van der Waals surface area (Å²) in [5.74, 6) is 0.352. The quantitative estimate of drug-likeness (QED) is 0.367. The van der Waals surface area contributed by atoms with Crippen LogP contribution in [0.5, 0.6) is 5.75 Å². The normalized spacial score (nSPS) is 22.5. The lowest BCUT2D eigenvalue weighted by atomic mass is 9.93. The molecule has 0 saturated carbocycles. The van der Waals surface area contributed by atoms with Crippen LogP contribution in [-0.4, -0.2) is 53.8 Å².